The van der Waals surface area contributed by atoms with Gasteiger partial charge in [-0.15, -0.1) is 0 Å². The quantitative estimate of drug-likeness (QED) is 0.119. The van der Waals surface area contributed by atoms with Crippen LogP contribution in [0.5, 0.6) is 0 Å². The molecule has 1 aliphatic heterocycles. The maximum Gasteiger partial charge on any atom is 0.245 e. The van der Waals surface area contributed by atoms with Gasteiger partial charge in [0.05, 0.1) is 48.7 Å². The standard InChI is InChI=1S/C39H67N5O8/c1-12-25(6)34(43(9)38(48)33(24(4)5)42-37(47)32(40-8)23(2)3)30(51-10)22-31(45)44-20-16-19-29(44)35(52-11)26(7)36(46)41-28(39(49)50)21-27-17-14-13-15-18-27/h13-15,17-18,23-26,28-30,32-35,39-40,49-50H,12,16,19-22H2,1-11H3,(H,41,46)(H,42,47)/t25-,26+,28-,29-,30+,32-,33-,34-,35+/m0/s1. The molecule has 0 unspecified atom stereocenters. The molecule has 0 spiro atoms. The number of nitrogens with zero attached hydrogens (tertiary/aromatic N) is 2. The first-order chi connectivity index (χ1) is 24.5. The van der Waals surface area contributed by atoms with Crippen LogP contribution in [0.15, 0.2) is 30.3 Å². The fraction of sp³-hybridized carbons (Fsp3) is 0.744. The van der Waals surface area contributed by atoms with Crippen molar-refractivity contribution in [1.82, 2.24) is 25.8 Å². The van der Waals surface area contributed by atoms with Crippen LogP contribution >= 0.6 is 0 Å². The van der Waals surface area contributed by atoms with Gasteiger partial charge >= 0.3 is 0 Å². The Morgan fingerprint density at radius 3 is 2.04 bits per heavy atom. The van der Waals surface area contributed by atoms with E-state index in [1.165, 1.54) is 7.11 Å². The van der Waals surface area contributed by atoms with Crippen molar-refractivity contribution < 1.29 is 38.9 Å². The number of aliphatic hydroxyl groups excluding tert-OH is 1. The number of rotatable bonds is 21. The van der Waals surface area contributed by atoms with Crippen molar-refractivity contribution in [3.63, 3.8) is 0 Å². The molecule has 1 aliphatic rings. The number of ether oxygens (including phenoxy) is 2. The average molecular weight is 734 g/mol. The third kappa shape index (κ3) is 12.0. The predicted molar refractivity (Wildman–Crippen MR) is 201 cm³/mol. The predicted octanol–water partition coefficient (Wildman–Crippen LogP) is 2.33. The van der Waals surface area contributed by atoms with Crippen molar-refractivity contribution >= 4 is 23.6 Å². The number of carbonyl (C=O) groups excluding carboxylic acids is 4. The number of likely N-dealkylation sites (N-methyl/N-ethyl adjacent to an activating group) is 2. The fourth-order valence-corrected chi connectivity index (χ4v) is 7.46. The van der Waals surface area contributed by atoms with E-state index in [1.807, 2.05) is 71.9 Å². The summed E-state index contributed by atoms with van der Waals surface area (Å²) >= 11 is 0. The van der Waals surface area contributed by atoms with Crippen molar-refractivity contribution in [2.45, 2.75) is 129 Å². The maximum atomic E-state index is 14.1. The molecular weight excluding hydrogens is 666 g/mol. The first kappa shape index (κ1) is 45.1. The van der Waals surface area contributed by atoms with E-state index in [-0.39, 0.29) is 48.3 Å². The van der Waals surface area contributed by atoms with E-state index in [4.69, 9.17) is 9.47 Å². The summed E-state index contributed by atoms with van der Waals surface area (Å²) in [4.78, 5) is 58.3. The highest BCUT2D eigenvalue weighted by Gasteiger charge is 2.43. The number of carbonyl (C=O) groups is 4. The fourth-order valence-electron chi connectivity index (χ4n) is 7.46. The second-order valence-corrected chi connectivity index (χ2v) is 15.0. The first-order valence-electron chi connectivity index (χ1n) is 18.8. The number of likely N-dealkylation sites (tertiary alicyclic amines) is 1. The molecular formula is C39H67N5O8. The Kier molecular flexibility index (Phi) is 18.7. The molecule has 0 radical (unpaired) electrons. The number of hydrogen-bond acceptors (Lipinski definition) is 9. The van der Waals surface area contributed by atoms with Crippen LogP contribution in [-0.4, -0.2) is 127 Å². The molecule has 5 N–H and O–H groups in total. The smallest absolute Gasteiger partial charge is 0.245 e. The van der Waals surface area contributed by atoms with E-state index in [2.05, 4.69) is 16.0 Å². The van der Waals surface area contributed by atoms with Crippen LogP contribution < -0.4 is 16.0 Å². The Morgan fingerprint density at radius 1 is 0.923 bits per heavy atom. The summed E-state index contributed by atoms with van der Waals surface area (Å²) in [6, 6.07) is 6.23. The molecule has 0 aliphatic carbocycles. The molecule has 0 aromatic heterocycles. The van der Waals surface area contributed by atoms with Crippen LogP contribution in [0, 0.1) is 23.7 Å². The van der Waals surface area contributed by atoms with E-state index < -0.39 is 60.5 Å². The normalized spacial score (nSPS) is 19.5. The van der Waals surface area contributed by atoms with Gasteiger partial charge in [-0.1, -0.05) is 85.2 Å². The molecule has 1 fully saturated rings. The van der Waals surface area contributed by atoms with Gasteiger partial charge in [0.25, 0.3) is 0 Å². The SMILES string of the molecule is CC[C@H](C)[C@@H]([C@@H](CC(=O)N1CCC[C@H]1[C@H](OC)[C@@H](C)C(=O)N[C@@H](Cc1ccccc1)C(O)O)OC)N(C)C(=O)[C@@H](NC(=O)[C@@H](NC)C(C)C)C(C)C. The number of methoxy groups -OCH3 is 2. The zero-order valence-corrected chi connectivity index (χ0v) is 33.3. The lowest BCUT2D eigenvalue weighted by molar-refractivity contribution is -0.148. The van der Waals surface area contributed by atoms with Crippen LogP contribution in [0.2, 0.25) is 0 Å². The van der Waals surface area contributed by atoms with Crippen molar-refractivity contribution in [3.8, 4) is 0 Å². The number of hydrogen-bond donors (Lipinski definition) is 5. The molecule has 0 bridgehead atoms. The zero-order chi connectivity index (χ0) is 39.3. The molecule has 0 saturated carbocycles. The highest BCUT2D eigenvalue weighted by atomic mass is 16.5. The van der Waals surface area contributed by atoms with Crippen molar-refractivity contribution in [2.24, 2.45) is 23.7 Å². The van der Waals surface area contributed by atoms with Crippen molar-refractivity contribution in [2.75, 3.05) is 34.9 Å². The lowest BCUT2D eigenvalue weighted by atomic mass is 9.89. The lowest BCUT2D eigenvalue weighted by Crippen LogP contribution is -2.59. The van der Waals surface area contributed by atoms with E-state index in [0.717, 1.165) is 18.4 Å². The number of benzene rings is 1. The number of amides is 4. The van der Waals surface area contributed by atoms with Crippen LogP contribution in [-0.2, 0) is 35.1 Å². The zero-order valence-electron chi connectivity index (χ0n) is 33.3. The monoisotopic (exact) mass is 733 g/mol. The van der Waals surface area contributed by atoms with Gasteiger partial charge in [-0.25, -0.2) is 0 Å². The van der Waals surface area contributed by atoms with Gasteiger partial charge < -0.3 is 45.4 Å². The molecule has 1 heterocycles. The van der Waals surface area contributed by atoms with Gasteiger partial charge in [-0.2, -0.15) is 0 Å². The molecule has 2 rings (SSSR count). The van der Waals surface area contributed by atoms with Gasteiger partial charge in [0.2, 0.25) is 23.6 Å². The molecule has 4 amide bonds. The Balaban J connectivity index is 2.26. The molecule has 52 heavy (non-hydrogen) atoms. The molecule has 13 nitrogen and oxygen atoms in total. The minimum Gasteiger partial charge on any atom is -0.379 e. The summed E-state index contributed by atoms with van der Waals surface area (Å²) < 4.78 is 11.9. The van der Waals surface area contributed by atoms with Gasteiger partial charge in [-0.3, -0.25) is 19.2 Å². The summed E-state index contributed by atoms with van der Waals surface area (Å²) in [5.41, 5.74) is 0.846. The first-order valence-corrected chi connectivity index (χ1v) is 18.8. The molecule has 1 saturated heterocycles. The van der Waals surface area contributed by atoms with Gasteiger partial charge in [0.15, 0.2) is 6.29 Å². The topological polar surface area (TPSA) is 170 Å². The second-order valence-electron chi connectivity index (χ2n) is 15.0. The lowest BCUT2D eigenvalue weighted by Gasteiger charge is -2.41. The highest BCUT2D eigenvalue weighted by molar-refractivity contribution is 5.90. The highest BCUT2D eigenvalue weighted by Crippen LogP contribution is 2.30. The third-order valence-electron chi connectivity index (χ3n) is 10.7. The summed E-state index contributed by atoms with van der Waals surface area (Å²) in [5.74, 6) is -1.99. The van der Waals surface area contributed by atoms with Crippen LogP contribution in [0.25, 0.3) is 0 Å². The van der Waals surface area contributed by atoms with Crippen LogP contribution in [0.3, 0.4) is 0 Å². The Labute approximate surface area is 311 Å². The van der Waals surface area contributed by atoms with Gasteiger partial charge in [0, 0.05) is 27.8 Å². The largest absolute Gasteiger partial charge is 0.379 e. The Morgan fingerprint density at radius 2 is 1.54 bits per heavy atom. The van der Waals surface area contributed by atoms with E-state index in [0.29, 0.717) is 13.0 Å². The average Bonchev–Trinajstić information content (AvgIpc) is 3.59. The number of aliphatic hydroxyl groups is 2. The van der Waals surface area contributed by atoms with Crippen LogP contribution in [0.1, 0.15) is 79.7 Å². The Bertz CT molecular complexity index is 1260. The van der Waals surface area contributed by atoms with Gasteiger partial charge in [0.1, 0.15) is 6.04 Å². The van der Waals surface area contributed by atoms with E-state index in [1.54, 1.807) is 37.9 Å². The van der Waals surface area contributed by atoms with Gasteiger partial charge in [-0.05, 0) is 49.6 Å². The molecule has 9 atom stereocenters. The summed E-state index contributed by atoms with van der Waals surface area (Å²) in [6.45, 7) is 13.9. The third-order valence-corrected chi connectivity index (χ3v) is 10.7. The number of nitrogens with one attached hydrogen (secondary N) is 3. The maximum absolute atomic E-state index is 14.1. The van der Waals surface area contributed by atoms with Crippen molar-refractivity contribution in [1.29, 1.82) is 0 Å². The minimum atomic E-state index is -1.77. The molecule has 13 heteroatoms. The van der Waals surface area contributed by atoms with E-state index in [9.17, 15) is 29.4 Å². The molecule has 1 aromatic carbocycles. The second kappa shape index (κ2) is 21.6. The van der Waals surface area contributed by atoms with Crippen LogP contribution in [0.4, 0.5) is 0 Å². The molecule has 296 valence electrons. The molecule has 1 aromatic rings. The van der Waals surface area contributed by atoms with E-state index >= 15 is 0 Å². The summed E-state index contributed by atoms with van der Waals surface area (Å²) in [6.07, 6.45) is -0.763. The minimum absolute atomic E-state index is 0.000372. The summed E-state index contributed by atoms with van der Waals surface area (Å²) in [5, 5.41) is 28.9. The Hall–Kier alpha value is -3.10. The van der Waals surface area contributed by atoms with Crippen molar-refractivity contribution in [3.05, 3.63) is 35.9 Å². The summed E-state index contributed by atoms with van der Waals surface area (Å²) in [7, 11) is 6.49.